The highest BCUT2D eigenvalue weighted by atomic mass is 127. The molecule has 0 fully saturated rings. The molecule has 0 radical (unpaired) electrons. The van der Waals surface area contributed by atoms with Gasteiger partial charge in [0, 0.05) is 7.14 Å². The Balaban J connectivity index is 2.43. The van der Waals surface area contributed by atoms with Crippen LogP contribution < -0.4 is 0 Å². The molecule has 0 saturated carbocycles. The van der Waals surface area contributed by atoms with Gasteiger partial charge in [0.1, 0.15) is 0 Å². The Bertz CT molecular complexity index is 1060. The molecule has 0 spiro atoms. The molecule has 0 bridgehead atoms. The number of carbonyl (C=O) groups is 2. The number of halogens is 4. The fraction of sp³-hybridized carbons (Fsp3) is 0.0476. The molecule has 3 nitrogen and oxygen atoms in total. The zero-order chi connectivity index (χ0) is 20.6. The van der Waals surface area contributed by atoms with E-state index in [2.05, 4.69) is 64.2 Å². The van der Waals surface area contributed by atoms with Crippen LogP contribution in [0.15, 0.2) is 61.3 Å². The van der Waals surface area contributed by atoms with Crippen molar-refractivity contribution in [3.63, 3.8) is 0 Å². The van der Waals surface area contributed by atoms with E-state index in [0.717, 1.165) is 23.9 Å². The van der Waals surface area contributed by atoms with Gasteiger partial charge in [0.05, 0.1) is 12.7 Å². The maximum absolute atomic E-state index is 12.2. The summed E-state index contributed by atoms with van der Waals surface area (Å²) in [6.45, 7) is 2.07. The molecule has 1 aliphatic carbocycles. The molecule has 0 aliphatic heterocycles. The van der Waals surface area contributed by atoms with Gasteiger partial charge in [0.15, 0.2) is 0 Å². The summed E-state index contributed by atoms with van der Waals surface area (Å²) < 4.78 is 3.44. The van der Waals surface area contributed by atoms with E-state index in [0.29, 0.717) is 12.7 Å². The Morgan fingerprint density at radius 3 is 1.89 bits per heavy atom. The normalized spacial score (nSPS) is 13.9. The highest BCUT2D eigenvalue weighted by molar-refractivity contribution is 14.1. The number of benzene rings is 2. The fourth-order valence-corrected chi connectivity index (χ4v) is 6.40. The van der Waals surface area contributed by atoms with Crippen LogP contribution in [-0.4, -0.2) is 16.9 Å². The summed E-state index contributed by atoms with van der Waals surface area (Å²) in [5.74, 6) is -0.988. The van der Waals surface area contributed by atoms with Crippen LogP contribution in [0.5, 0.6) is 0 Å². The Kier molecular flexibility index (Phi) is 7.40. The molecule has 3 rings (SSSR count). The molecule has 0 atom stereocenters. The van der Waals surface area contributed by atoms with Crippen molar-refractivity contribution in [1.29, 1.82) is 0 Å². The summed E-state index contributed by atoms with van der Waals surface area (Å²) in [6, 6.07) is 11.1. The van der Waals surface area contributed by atoms with Crippen LogP contribution in [-0.2, 0) is 4.79 Å². The number of carboxylic acid groups (broad SMARTS) is 1. The van der Waals surface area contributed by atoms with Crippen molar-refractivity contribution in [3.8, 4) is 0 Å². The van der Waals surface area contributed by atoms with Gasteiger partial charge in [-0.1, -0.05) is 18.2 Å². The lowest BCUT2D eigenvalue weighted by Crippen LogP contribution is -2.07. The lowest BCUT2D eigenvalue weighted by Gasteiger charge is -2.18. The maximum Gasteiger partial charge on any atom is 0.336 e. The number of carboxylic acids is 1. The fourth-order valence-electron chi connectivity index (χ4n) is 2.86. The number of carbonyl (C=O) groups excluding carboxylic acids is 1. The summed E-state index contributed by atoms with van der Waals surface area (Å²) in [7, 11) is 0. The van der Waals surface area contributed by atoms with E-state index < -0.39 is 5.97 Å². The van der Waals surface area contributed by atoms with E-state index in [-0.39, 0.29) is 11.3 Å². The first-order valence-electron chi connectivity index (χ1n) is 8.02. The van der Waals surface area contributed by atoms with Crippen molar-refractivity contribution in [1.82, 2.24) is 0 Å². The SMILES string of the molecule is Cc1c(I)cc(C(=C2C=C(I)C(=O)C(I)=C2)c2ccccc2C(=O)O)cc1I. The average molecular weight is 820 g/mol. The number of hydrogen-bond acceptors (Lipinski definition) is 2. The first-order chi connectivity index (χ1) is 13.2. The van der Waals surface area contributed by atoms with Gasteiger partial charge in [-0.3, -0.25) is 4.79 Å². The maximum atomic E-state index is 12.2. The van der Waals surface area contributed by atoms with Crippen molar-refractivity contribution in [2.24, 2.45) is 0 Å². The summed E-state index contributed by atoms with van der Waals surface area (Å²) >= 11 is 8.68. The van der Waals surface area contributed by atoms with Gasteiger partial charge >= 0.3 is 5.97 Å². The van der Waals surface area contributed by atoms with Crippen LogP contribution in [0.2, 0.25) is 0 Å². The number of allylic oxidation sites excluding steroid dienone is 5. The van der Waals surface area contributed by atoms with Gasteiger partial charge in [0.25, 0.3) is 0 Å². The molecular formula is C21H12I4O3. The Morgan fingerprint density at radius 1 is 0.893 bits per heavy atom. The quantitative estimate of drug-likeness (QED) is 0.343. The van der Waals surface area contributed by atoms with E-state index in [1.807, 2.05) is 69.5 Å². The number of aromatic carboxylic acids is 1. The van der Waals surface area contributed by atoms with Gasteiger partial charge in [-0.15, -0.1) is 0 Å². The molecule has 0 aromatic heterocycles. The first kappa shape index (κ1) is 22.4. The predicted molar refractivity (Wildman–Crippen MR) is 145 cm³/mol. The molecule has 0 heterocycles. The second-order valence-electron chi connectivity index (χ2n) is 6.06. The van der Waals surface area contributed by atoms with Crippen LogP contribution in [0.4, 0.5) is 0 Å². The second kappa shape index (κ2) is 9.25. The van der Waals surface area contributed by atoms with Crippen molar-refractivity contribution >= 4 is 108 Å². The molecule has 1 N–H and O–H groups in total. The molecule has 28 heavy (non-hydrogen) atoms. The number of ketones is 1. The average Bonchev–Trinajstić information content (AvgIpc) is 2.64. The van der Waals surface area contributed by atoms with Gasteiger partial charge in [-0.05, 0) is 155 Å². The molecule has 0 unspecified atom stereocenters. The minimum Gasteiger partial charge on any atom is -0.478 e. The Morgan fingerprint density at radius 2 is 1.39 bits per heavy atom. The van der Waals surface area contributed by atoms with Crippen LogP contribution in [0, 0.1) is 14.1 Å². The molecular weight excluding hydrogens is 808 g/mol. The van der Waals surface area contributed by atoms with Crippen molar-refractivity contribution in [2.45, 2.75) is 6.92 Å². The molecule has 0 amide bonds. The van der Waals surface area contributed by atoms with Crippen molar-refractivity contribution in [3.05, 3.63) is 90.7 Å². The van der Waals surface area contributed by atoms with E-state index in [4.69, 9.17) is 0 Å². The summed E-state index contributed by atoms with van der Waals surface area (Å²) in [5, 5.41) is 9.75. The third-order valence-corrected chi connectivity index (χ3v) is 8.13. The predicted octanol–water partition coefficient (Wildman–Crippen LogP) is 6.92. The van der Waals surface area contributed by atoms with Gasteiger partial charge in [-0.2, -0.15) is 0 Å². The highest BCUT2D eigenvalue weighted by Gasteiger charge is 2.23. The summed E-state index contributed by atoms with van der Waals surface area (Å²) in [6.07, 6.45) is 3.66. The first-order valence-corrected chi connectivity index (χ1v) is 12.3. The van der Waals surface area contributed by atoms with Gasteiger partial charge in [-0.25, -0.2) is 4.79 Å². The smallest absolute Gasteiger partial charge is 0.336 e. The van der Waals surface area contributed by atoms with E-state index in [9.17, 15) is 14.7 Å². The molecule has 0 saturated heterocycles. The highest BCUT2D eigenvalue weighted by Crippen LogP contribution is 2.37. The van der Waals surface area contributed by atoms with Gasteiger partial charge < -0.3 is 5.11 Å². The van der Waals surface area contributed by atoms with Crippen LogP contribution in [0.25, 0.3) is 5.57 Å². The lowest BCUT2D eigenvalue weighted by atomic mass is 9.88. The standard InChI is InChI=1S/C21H12I4O3/c1-10-15(22)6-11(7-16(10)23)19(12-8-17(24)20(26)18(25)9-12)13-4-2-3-5-14(13)21(27)28/h2-9H,1H3,(H,27,28). The minimum absolute atomic E-state index is 0.0103. The second-order valence-corrected chi connectivity index (χ2v) is 10.7. The van der Waals surface area contributed by atoms with Crippen LogP contribution >= 0.6 is 90.4 Å². The largest absolute Gasteiger partial charge is 0.478 e. The number of rotatable bonds is 3. The third-order valence-electron chi connectivity index (χ3n) is 4.28. The molecule has 7 heteroatoms. The Labute approximate surface area is 217 Å². The minimum atomic E-state index is -0.977. The van der Waals surface area contributed by atoms with E-state index >= 15 is 0 Å². The zero-order valence-electron chi connectivity index (χ0n) is 14.4. The summed E-state index contributed by atoms with van der Waals surface area (Å²) in [5.41, 5.74) is 4.63. The Hall–Kier alpha value is -0.280. The third kappa shape index (κ3) is 4.56. The summed E-state index contributed by atoms with van der Waals surface area (Å²) in [4.78, 5) is 24.1. The topological polar surface area (TPSA) is 54.4 Å². The zero-order valence-corrected chi connectivity index (χ0v) is 23.0. The van der Waals surface area contributed by atoms with Crippen LogP contribution in [0.1, 0.15) is 27.0 Å². The van der Waals surface area contributed by atoms with Crippen LogP contribution in [0.3, 0.4) is 0 Å². The lowest BCUT2D eigenvalue weighted by molar-refractivity contribution is -0.110. The molecule has 142 valence electrons. The van der Waals surface area contributed by atoms with E-state index in [1.54, 1.807) is 12.1 Å². The molecule has 2 aromatic rings. The molecule has 2 aromatic carbocycles. The van der Waals surface area contributed by atoms with E-state index in [1.165, 1.54) is 5.56 Å². The van der Waals surface area contributed by atoms with Crippen molar-refractivity contribution in [2.75, 3.05) is 0 Å². The number of hydrogen-bond donors (Lipinski definition) is 1. The molecule has 1 aliphatic rings. The monoisotopic (exact) mass is 820 g/mol. The van der Waals surface area contributed by atoms with Crippen molar-refractivity contribution < 1.29 is 14.7 Å². The number of Topliss-reactive ketones (excluding diaryl/α,β-unsaturated/α-hetero) is 1. The van der Waals surface area contributed by atoms with Gasteiger partial charge in [0.2, 0.25) is 5.78 Å².